The van der Waals surface area contributed by atoms with Crippen LogP contribution in [0.5, 0.6) is 5.75 Å². The van der Waals surface area contributed by atoms with Crippen LogP contribution in [-0.4, -0.2) is 16.9 Å². The third kappa shape index (κ3) is 2.30. The van der Waals surface area contributed by atoms with Crippen molar-refractivity contribution in [3.05, 3.63) is 47.1 Å². The number of nitrogens with zero attached hydrogens (tertiary/aromatic N) is 2. The summed E-state index contributed by atoms with van der Waals surface area (Å²) in [5, 5.41) is 4.46. The Bertz CT molecular complexity index is 731. The summed E-state index contributed by atoms with van der Waals surface area (Å²) in [6, 6.07) is 12.9. The van der Waals surface area contributed by atoms with Crippen LogP contribution in [0.3, 0.4) is 0 Å². The molecule has 0 amide bonds. The van der Waals surface area contributed by atoms with Crippen molar-refractivity contribution in [2.24, 2.45) is 0 Å². The summed E-state index contributed by atoms with van der Waals surface area (Å²) in [5.74, 6) is 1.99. The van der Waals surface area contributed by atoms with E-state index in [1.807, 2.05) is 36.4 Å². The van der Waals surface area contributed by atoms with Crippen molar-refractivity contribution in [1.82, 2.24) is 9.78 Å². The summed E-state index contributed by atoms with van der Waals surface area (Å²) in [6.45, 7) is 0. The van der Waals surface area contributed by atoms with Gasteiger partial charge >= 0.3 is 0 Å². The number of halogens is 1. The summed E-state index contributed by atoms with van der Waals surface area (Å²) in [7, 11) is 1.63. The molecule has 0 radical (unpaired) electrons. The lowest BCUT2D eigenvalue weighted by Crippen LogP contribution is -2.01. The van der Waals surface area contributed by atoms with Gasteiger partial charge in [-0.05, 0) is 52.3 Å². The standard InChI is InChI=1S/C14H12BrN3O2/c1-19-10-4-2-9(3-5-10)18-14(16)8-11(17-18)12-6-7-13(15)20-12/h2-8H,16H2,1H3. The number of hydrogen-bond acceptors (Lipinski definition) is 4. The molecular formula is C14H12BrN3O2. The van der Waals surface area contributed by atoms with E-state index in [0.29, 0.717) is 21.9 Å². The van der Waals surface area contributed by atoms with E-state index in [1.54, 1.807) is 17.9 Å². The molecule has 2 N–H and O–H groups in total. The third-order valence-corrected chi connectivity index (χ3v) is 3.31. The average molecular weight is 334 g/mol. The Balaban J connectivity index is 1.99. The SMILES string of the molecule is COc1ccc(-n2nc(-c3ccc(Br)o3)cc2N)cc1. The lowest BCUT2D eigenvalue weighted by Gasteiger charge is -2.05. The molecule has 6 heteroatoms. The molecular weight excluding hydrogens is 322 g/mol. The van der Waals surface area contributed by atoms with Crippen LogP contribution >= 0.6 is 15.9 Å². The van der Waals surface area contributed by atoms with Crippen LogP contribution < -0.4 is 10.5 Å². The maximum absolute atomic E-state index is 6.00. The highest BCUT2D eigenvalue weighted by atomic mass is 79.9. The first-order valence-corrected chi connectivity index (χ1v) is 6.72. The average Bonchev–Trinajstić information content (AvgIpc) is 3.05. The zero-order chi connectivity index (χ0) is 14.1. The van der Waals surface area contributed by atoms with Gasteiger partial charge in [-0.2, -0.15) is 5.10 Å². The smallest absolute Gasteiger partial charge is 0.169 e. The fourth-order valence-corrected chi connectivity index (χ4v) is 2.20. The van der Waals surface area contributed by atoms with E-state index in [4.69, 9.17) is 14.9 Å². The number of furan rings is 1. The lowest BCUT2D eigenvalue weighted by molar-refractivity contribution is 0.414. The molecule has 0 fully saturated rings. The maximum Gasteiger partial charge on any atom is 0.169 e. The number of anilines is 1. The molecule has 0 aliphatic rings. The van der Waals surface area contributed by atoms with Crippen LogP contribution in [0.2, 0.25) is 0 Å². The molecule has 5 nitrogen and oxygen atoms in total. The minimum atomic E-state index is 0.540. The highest BCUT2D eigenvalue weighted by molar-refractivity contribution is 9.10. The van der Waals surface area contributed by atoms with Gasteiger partial charge in [0, 0.05) is 6.07 Å². The first kappa shape index (κ1) is 12.8. The van der Waals surface area contributed by atoms with Crippen LogP contribution in [0.25, 0.3) is 17.1 Å². The minimum Gasteiger partial charge on any atom is -0.497 e. The predicted octanol–water partition coefficient (Wildman–Crippen LogP) is 3.49. The fraction of sp³-hybridized carbons (Fsp3) is 0.0714. The molecule has 1 aromatic carbocycles. The Hall–Kier alpha value is -2.21. The number of nitrogens with two attached hydrogens (primary N) is 1. The van der Waals surface area contributed by atoms with Crippen molar-refractivity contribution in [3.63, 3.8) is 0 Å². The summed E-state index contributed by atoms with van der Waals surface area (Å²) >= 11 is 3.27. The van der Waals surface area contributed by atoms with Gasteiger partial charge in [0.2, 0.25) is 0 Å². The van der Waals surface area contributed by atoms with Crippen LogP contribution in [0, 0.1) is 0 Å². The van der Waals surface area contributed by atoms with E-state index < -0.39 is 0 Å². The summed E-state index contributed by atoms with van der Waals surface area (Å²) < 4.78 is 12.9. The van der Waals surface area contributed by atoms with Crippen molar-refractivity contribution in [3.8, 4) is 22.9 Å². The first-order valence-electron chi connectivity index (χ1n) is 5.93. The Labute approximate surface area is 124 Å². The highest BCUT2D eigenvalue weighted by Crippen LogP contribution is 2.27. The van der Waals surface area contributed by atoms with E-state index in [9.17, 15) is 0 Å². The third-order valence-electron chi connectivity index (χ3n) is 2.88. The molecule has 2 aromatic heterocycles. The topological polar surface area (TPSA) is 66.2 Å². The molecule has 2 heterocycles. The zero-order valence-corrected chi connectivity index (χ0v) is 12.3. The van der Waals surface area contributed by atoms with Gasteiger partial charge in [-0.25, -0.2) is 4.68 Å². The molecule has 0 atom stereocenters. The maximum atomic E-state index is 6.00. The predicted molar refractivity (Wildman–Crippen MR) is 79.9 cm³/mol. The van der Waals surface area contributed by atoms with E-state index in [-0.39, 0.29) is 0 Å². The molecule has 0 aliphatic heterocycles. The Kier molecular flexibility index (Phi) is 3.23. The Morgan fingerprint density at radius 3 is 2.55 bits per heavy atom. The Morgan fingerprint density at radius 2 is 1.95 bits per heavy atom. The zero-order valence-electron chi connectivity index (χ0n) is 10.7. The van der Waals surface area contributed by atoms with Gasteiger partial charge in [0.25, 0.3) is 0 Å². The van der Waals surface area contributed by atoms with Crippen LogP contribution in [-0.2, 0) is 0 Å². The van der Waals surface area contributed by atoms with Gasteiger partial charge in [-0.3, -0.25) is 0 Å². The van der Waals surface area contributed by atoms with Crippen LogP contribution in [0.15, 0.2) is 51.6 Å². The normalized spacial score (nSPS) is 10.7. The number of hydrogen-bond donors (Lipinski definition) is 1. The highest BCUT2D eigenvalue weighted by Gasteiger charge is 2.11. The second-order valence-electron chi connectivity index (χ2n) is 4.17. The minimum absolute atomic E-state index is 0.540. The number of ether oxygens (including phenoxy) is 1. The van der Waals surface area contributed by atoms with Gasteiger partial charge in [-0.15, -0.1) is 0 Å². The van der Waals surface area contributed by atoms with E-state index in [0.717, 1.165) is 11.4 Å². The number of rotatable bonds is 3. The molecule has 0 saturated heterocycles. The van der Waals surface area contributed by atoms with Crippen molar-refractivity contribution < 1.29 is 9.15 Å². The van der Waals surface area contributed by atoms with Crippen molar-refractivity contribution in [1.29, 1.82) is 0 Å². The van der Waals surface area contributed by atoms with Gasteiger partial charge in [0.15, 0.2) is 10.4 Å². The quantitative estimate of drug-likeness (QED) is 0.796. The molecule has 102 valence electrons. The van der Waals surface area contributed by atoms with Gasteiger partial charge in [0.1, 0.15) is 17.3 Å². The van der Waals surface area contributed by atoms with E-state index >= 15 is 0 Å². The molecule has 3 aromatic rings. The monoisotopic (exact) mass is 333 g/mol. The largest absolute Gasteiger partial charge is 0.497 e. The van der Waals surface area contributed by atoms with Gasteiger partial charge in [0.05, 0.1) is 12.8 Å². The molecule has 0 unspecified atom stereocenters. The summed E-state index contributed by atoms with van der Waals surface area (Å²) in [6.07, 6.45) is 0. The number of benzene rings is 1. The van der Waals surface area contributed by atoms with Crippen molar-refractivity contribution in [2.75, 3.05) is 12.8 Å². The van der Waals surface area contributed by atoms with Crippen LogP contribution in [0.1, 0.15) is 0 Å². The lowest BCUT2D eigenvalue weighted by atomic mass is 10.3. The van der Waals surface area contributed by atoms with Crippen molar-refractivity contribution >= 4 is 21.7 Å². The molecule has 0 aliphatic carbocycles. The van der Waals surface area contributed by atoms with Crippen molar-refractivity contribution in [2.45, 2.75) is 0 Å². The second kappa shape index (κ2) is 5.05. The Morgan fingerprint density at radius 1 is 1.20 bits per heavy atom. The summed E-state index contributed by atoms with van der Waals surface area (Å²) in [4.78, 5) is 0. The number of methoxy groups -OCH3 is 1. The molecule has 0 saturated carbocycles. The molecule has 0 bridgehead atoms. The first-order chi connectivity index (χ1) is 9.67. The number of aromatic nitrogens is 2. The van der Waals surface area contributed by atoms with Gasteiger partial charge < -0.3 is 14.9 Å². The number of nitrogen functional groups attached to an aromatic ring is 1. The second-order valence-corrected chi connectivity index (χ2v) is 4.95. The van der Waals surface area contributed by atoms with E-state index in [1.165, 1.54) is 0 Å². The van der Waals surface area contributed by atoms with Crippen LogP contribution in [0.4, 0.5) is 5.82 Å². The van der Waals surface area contributed by atoms with E-state index in [2.05, 4.69) is 21.0 Å². The van der Waals surface area contributed by atoms with Gasteiger partial charge in [-0.1, -0.05) is 0 Å². The fourth-order valence-electron chi connectivity index (χ4n) is 1.90. The molecule has 3 rings (SSSR count). The summed E-state index contributed by atoms with van der Waals surface area (Å²) in [5.41, 5.74) is 7.55. The molecule has 0 spiro atoms. The molecule has 20 heavy (non-hydrogen) atoms.